The maximum absolute atomic E-state index is 12.3. The molecule has 126 valence electrons. The Balaban J connectivity index is 1.73. The smallest absolute Gasteiger partial charge is 0.283 e. The Kier molecular flexibility index (Phi) is 5.11. The molecule has 2 N–H and O–H groups in total. The molecular formula is C18H14ClN3O2S. The molecule has 5 nitrogen and oxygen atoms in total. The monoisotopic (exact) mass is 371 g/mol. The molecule has 3 aromatic rings. The number of phenols is 1. The predicted octanol–water partition coefficient (Wildman–Crippen LogP) is 4.24. The molecule has 0 saturated carbocycles. The zero-order valence-electron chi connectivity index (χ0n) is 13.2. The van der Waals surface area contributed by atoms with Gasteiger partial charge in [0, 0.05) is 10.6 Å². The number of aromatic nitrogens is 1. The minimum Gasteiger partial charge on any atom is -0.508 e. The number of carbonyl (C=O) groups is 1. The molecule has 0 spiro atoms. The van der Waals surface area contributed by atoms with Crippen LogP contribution >= 0.6 is 22.9 Å². The minimum absolute atomic E-state index is 0.140. The summed E-state index contributed by atoms with van der Waals surface area (Å²) in [6.45, 7) is 1.78. The van der Waals surface area contributed by atoms with Crippen molar-refractivity contribution in [3.8, 4) is 16.3 Å². The van der Waals surface area contributed by atoms with E-state index in [0.29, 0.717) is 21.2 Å². The molecule has 0 fully saturated rings. The third-order valence-corrected chi connectivity index (χ3v) is 4.80. The summed E-state index contributed by atoms with van der Waals surface area (Å²) >= 11 is 7.19. The summed E-state index contributed by atoms with van der Waals surface area (Å²) in [5.74, 6) is -0.187. The van der Waals surface area contributed by atoms with Crippen molar-refractivity contribution in [3.63, 3.8) is 0 Å². The van der Waals surface area contributed by atoms with Crippen molar-refractivity contribution >= 4 is 35.1 Å². The maximum Gasteiger partial charge on any atom is 0.283 e. The van der Waals surface area contributed by atoms with E-state index in [2.05, 4.69) is 15.5 Å². The molecule has 1 aromatic heterocycles. The van der Waals surface area contributed by atoms with Crippen LogP contribution in [0.1, 0.15) is 20.9 Å². The van der Waals surface area contributed by atoms with Gasteiger partial charge in [-0.1, -0.05) is 35.9 Å². The second kappa shape index (κ2) is 7.46. The molecule has 1 heterocycles. The van der Waals surface area contributed by atoms with E-state index in [1.807, 2.05) is 12.1 Å². The molecule has 0 atom stereocenters. The number of phenolic OH excluding ortho intramolecular Hbond substituents is 1. The number of aryl methyl sites for hydroxylation is 1. The highest BCUT2D eigenvalue weighted by atomic mass is 35.5. The summed E-state index contributed by atoms with van der Waals surface area (Å²) in [4.78, 5) is 17.2. The van der Waals surface area contributed by atoms with Crippen molar-refractivity contribution < 1.29 is 9.90 Å². The fourth-order valence-electron chi connectivity index (χ4n) is 2.14. The number of nitrogens with one attached hydrogen (secondary N) is 1. The molecule has 0 aliphatic carbocycles. The summed E-state index contributed by atoms with van der Waals surface area (Å²) in [5.41, 5.74) is 4.70. The van der Waals surface area contributed by atoms with E-state index in [9.17, 15) is 9.90 Å². The van der Waals surface area contributed by atoms with Crippen LogP contribution in [0.15, 0.2) is 53.6 Å². The fourth-order valence-corrected chi connectivity index (χ4v) is 3.23. The molecule has 2 aromatic carbocycles. The predicted molar refractivity (Wildman–Crippen MR) is 100 cm³/mol. The Bertz CT molecular complexity index is 936. The zero-order chi connectivity index (χ0) is 17.8. The summed E-state index contributed by atoms with van der Waals surface area (Å²) in [5, 5.41) is 14.7. The van der Waals surface area contributed by atoms with Crippen LogP contribution in [-0.2, 0) is 0 Å². The van der Waals surface area contributed by atoms with Crippen LogP contribution in [0, 0.1) is 6.92 Å². The lowest BCUT2D eigenvalue weighted by molar-refractivity contribution is 0.0958. The van der Waals surface area contributed by atoms with E-state index in [4.69, 9.17) is 11.6 Å². The van der Waals surface area contributed by atoms with Crippen molar-refractivity contribution in [1.29, 1.82) is 0 Å². The van der Waals surface area contributed by atoms with E-state index in [-0.39, 0.29) is 11.7 Å². The highest BCUT2D eigenvalue weighted by Crippen LogP contribution is 2.28. The molecule has 25 heavy (non-hydrogen) atoms. The Morgan fingerprint density at radius 1 is 1.28 bits per heavy atom. The van der Waals surface area contributed by atoms with Crippen LogP contribution < -0.4 is 5.43 Å². The van der Waals surface area contributed by atoms with Gasteiger partial charge < -0.3 is 5.11 Å². The van der Waals surface area contributed by atoms with Crippen molar-refractivity contribution in [1.82, 2.24) is 10.4 Å². The largest absolute Gasteiger partial charge is 0.508 e. The maximum atomic E-state index is 12.3. The fraction of sp³-hybridized carbons (Fsp3) is 0.0556. The molecule has 0 aliphatic rings. The van der Waals surface area contributed by atoms with Gasteiger partial charge in [0.2, 0.25) is 0 Å². The van der Waals surface area contributed by atoms with Crippen LogP contribution in [0.25, 0.3) is 10.6 Å². The van der Waals surface area contributed by atoms with E-state index in [1.54, 1.807) is 43.3 Å². The summed E-state index contributed by atoms with van der Waals surface area (Å²) in [7, 11) is 0. The molecule has 0 aliphatic heterocycles. The number of rotatable bonds is 4. The highest BCUT2D eigenvalue weighted by Gasteiger charge is 2.15. The average Bonchev–Trinajstić information content (AvgIpc) is 2.97. The van der Waals surface area contributed by atoms with Crippen molar-refractivity contribution in [2.24, 2.45) is 5.10 Å². The Morgan fingerprint density at radius 2 is 2.04 bits per heavy atom. The number of carbonyl (C=O) groups excluding carboxylic acids is 1. The molecule has 0 bridgehead atoms. The van der Waals surface area contributed by atoms with Gasteiger partial charge in [-0.05, 0) is 36.8 Å². The second-order valence-electron chi connectivity index (χ2n) is 5.23. The van der Waals surface area contributed by atoms with Gasteiger partial charge in [-0.2, -0.15) is 5.10 Å². The van der Waals surface area contributed by atoms with Gasteiger partial charge in [0.25, 0.3) is 5.91 Å². The first kappa shape index (κ1) is 17.1. The first-order valence-corrected chi connectivity index (χ1v) is 8.58. The topological polar surface area (TPSA) is 74.6 Å². The van der Waals surface area contributed by atoms with E-state index in [0.717, 1.165) is 10.6 Å². The standard InChI is InChI=1S/C18H14ClN3O2S/c1-11-16(25-18(21-11)13-5-7-14(19)8-6-13)17(24)22-20-10-12-3-2-4-15(23)9-12/h2-10,23H,1H3,(H,22,24)/b20-10+. The van der Waals surface area contributed by atoms with Crippen LogP contribution in [0.5, 0.6) is 5.75 Å². The quantitative estimate of drug-likeness (QED) is 0.532. The Morgan fingerprint density at radius 3 is 2.76 bits per heavy atom. The lowest BCUT2D eigenvalue weighted by atomic mass is 10.2. The third-order valence-electron chi connectivity index (χ3n) is 3.34. The van der Waals surface area contributed by atoms with E-state index < -0.39 is 0 Å². The molecule has 7 heteroatoms. The van der Waals surface area contributed by atoms with Gasteiger partial charge in [-0.25, -0.2) is 10.4 Å². The number of hydrazone groups is 1. The number of halogens is 1. The van der Waals surface area contributed by atoms with Crippen molar-refractivity contribution in [2.75, 3.05) is 0 Å². The second-order valence-corrected chi connectivity index (χ2v) is 6.67. The van der Waals surface area contributed by atoms with Gasteiger partial charge in [0.05, 0.1) is 11.9 Å². The number of thiazole rings is 1. The minimum atomic E-state index is -0.327. The SMILES string of the molecule is Cc1nc(-c2ccc(Cl)cc2)sc1C(=O)N/N=C/c1cccc(O)c1. The number of hydrogen-bond acceptors (Lipinski definition) is 5. The van der Waals surface area contributed by atoms with Gasteiger partial charge in [0.1, 0.15) is 15.6 Å². The lowest BCUT2D eigenvalue weighted by Gasteiger charge is -1.98. The van der Waals surface area contributed by atoms with Gasteiger partial charge >= 0.3 is 0 Å². The van der Waals surface area contributed by atoms with Crippen LogP contribution in [0.3, 0.4) is 0 Å². The van der Waals surface area contributed by atoms with Gasteiger partial charge in [-0.15, -0.1) is 11.3 Å². The molecule has 1 amide bonds. The van der Waals surface area contributed by atoms with Crippen LogP contribution in [-0.4, -0.2) is 22.2 Å². The third kappa shape index (κ3) is 4.23. The number of benzene rings is 2. The molecule has 0 saturated heterocycles. The lowest BCUT2D eigenvalue weighted by Crippen LogP contribution is -2.17. The van der Waals surface area contributed by atoms with E-state index in [1.165, 1.54) is 17.6 Å². The van der Waals surface area contributed by atoms with Gasteiger partial charge in [0.15, 0.2) is 0 Å². The zero-order valence-corrected chi connectivity index (χ0v) is 14.8. The Hall–Kier alpha value is -2.70. The molecule has 0 radical (unpaired) electrons. The molecule has 3 rings (SSSR count). The van der Waals surface area contributed by atoms with Crippen LogP contribution in [0.4, 0.5) is 0 Å². The molecular weight excluding hydrogens is 358 g/mol. The summed E-state index contributed by atoms with van der Waals surface area (Å²) in [6, 6.07) is 13.9. The number of hydrogen-bond donors (Lipinski definition) is 2. The number of aromatic hydroxyl groups is 1. The van der Waals surface area contributed by atoms with Crippen molar-refractivity contribution in [2.45, 2.75) is 6.92 Å². The highest BCUT2D eigenvalue weighted by molar-refractivity contribution is 7.17. The normalized spacial score (nSPS) is 11.0. The summed E-state index contributed by atoms with van der Waals surface area (Å²) in [6.07, 6.45) is 1.47. The molecule has 0 unspecified atom stereocenters. The summed E-state index contributed by atoms with van der Waals surface area (Å²) < 4.78 is 0. The van der Waals surface area contributed by atoms with Gasteiger partial charge in [-0.3, -0.25) is 4.79 Å². The van der Waals surface area contributed by atoms with Crippen LogP contribution in [0.2, 0.25) is 5.02 Å². The number of nitrogens with zero attached hydrogens (tertiary/aromatic N) is 2. The first-order valence-electron chi connectivity index (χ1n) is 7.39. The first-order chi connectivity index (χ1) is 12.0. The van der Waals surface area contributed by atoms with E-state index >= 15 is 0 Å². The van der Waals surface area contributed by atoms with Crippen molar-refractivity contribution in [3.05, 3.63) is 69.7 Å². The number of amides is 1. The average molecular weight is 372 g/mol. The Labute approximate surface area is 153 Å².